The maximum absolute atomic E-state index is 14.5. The molecule has 0 amide bonds. The lowest BCUT2D eigenvalue weighted by Gasteiger charge is -2.27. The first-order valence-electron chi connectivity index (χ1n) is 6.44. The Bertz CT molecular complexity index is 480. The number of nitrogens with one attached hydrogen (secondary N) is 1. The second kappa shape index (κ2) is 7.59. The van der Waals surface area contributed by atoms with Gasteiger partial charge in [0.25, 0.3) is 0 Å². The van der Waals surface area contributed by atoms with Crippen LogP contribution in [0.4, 0.5) is 10.1 Å². The lowest BCUT2D eigenvalue weighted by Crippen LogP contribution is -2.32. The number of ether oxygens (including phenoxy) is 1. The highest BCUT2D eigenvalue weighted by atomic mass is 79.9. The highest BCUT2D eigenvalue weighted by molar-refractivity contribution is 9.10. The lowest BCUT2D eigenvalue weighted by molar-refractivity contribution is 0.204. The molecule has 4 nitrogen and oxygen atoms in total. The van der Waals surface area contributed by atoms with Crippen LogP contribution in [0.3, 0.4) is 0 Å². The molecule has 0 spiro atoms. The molecule has 0 aliphatic carbocycles. The normalized spacial score (nSPS) is 10.9. The number of anilines is 1. The zero-order valence-corrected chi connectivity index (χ0v) is 13.6. The van der Waals surface area contributed by atoms with Crippen LogP contribution in [0.15, 0.2) is 16.6 Å². The minimum Gasteiger partial charge on any atom is -0.384 e. The Hall–Kier alpha value is -1.14. The topological polar surface area (TPSA) is 62.3 Å². The van der Waals surface area contributed by atoms with E-state index >= 15 is 0 Å². The second-order valence-electron chi connectivity index (χ2n) is 5.01. The molecule has 6 heteroatoms. The van der Waals surface area contributed by atoms with Crippen molar-refractivity contribution in [2.75, 3.05) is 31.7 Å². The van der Waals surface area contributed by atoms with Crippen molar-refractivity contribution < 1.29 is 9.13 Å². The van der Waals surface area contributed by atoms with Gasteiger partial charge in [-0.2, -0.15) is 0 Å². The van der Waals surface area contributed by atoms with Crippen molar-refractivity contribution in [1.82, 2.24) is 0 Å². The van der Waals surface area contributed by atoms with Crippen LogP contribution in [0.5, 0.6) is 0 Å². The van der Waals surface area contributed by atoms with Crippen molar-refractivity contribution in [3.05, 3.63) is 28.0 Å². The Morgan fingerprint density at radius 3 is 2.65 bits per heavy atom. The summed E-state index contributed by atoms with van der Waals surface area (Å²) in [6.45, 7) is 6.02. The Labute approximate surface area is 127 Å². The molecule has 1 aromatic rings. The number of nitrogens with zero attached hydrogens (tertiary/aromatic N) is 1. The van der Waals surface area contributed by atoms with E-state index in [9.17, 15) is 4.39 Å². The molecule has 0 saturated carbocycles. The van der Waals surface area contributed by atoms with Crippen molar-refractivity contribution in [3.63, 3.8) is 0 Å². The molecule has 0 heterocycles. The predicted molar refractivity (Wildman–Crippen MR) is 84.0 cm³/mol. The van der Waals surface area contributed by atoms with Gasteiger partial charge in [0.15, 0.2) is 5.82 Å². The molecule has 0 unspecified atom stereocenters. The Morgan fingerprint density at radius 1 is 1.50 bits per heavy atom. The van der Waals surface area contributed by atoms with Gasteiger partial charge >= 0.3 is 0 Å². The third-order valence-electron chi connectivity index (χ3n) is 2.84. The van der Waals surface area contributed by atoms with Crippen molar-refractivity contribution in [2.45, 2.75) is 13.8 Å². The second-order valence-corrected chi connectivity index (χ2v) is 5.80. The molecular formula is C14H21BrFN3O. The Balaban J connectivity index is 3.13. The third-order valence-corrected chi connectivity index (χ3v) is 3.62. The Morgan fingerprint density at radius 2 is 2.15 bits per heavy atom. The predicted octanol–water partition coefficient (Wildman–Crippen LogP) is 2.98. The number of nitrogens with two attached hydrogens (primary N) is 1. The molecule has 0 atom stereocenters. The van der Waals surface area contributed by atoms with Gasteiger partial charge in [-0.3, -0.25) is 5.41 Å². The molecule has 0 fully saturated rings. The van der Waals surface area contributed by atoms with Crippen molar-refractivity contribution >= 4 is 27.5 Å². The summed E-state index contributed by atoms with van der Waals surface area (Å²) in [5.74, 6) is -0.151. The highest BCUT2D eigenvalue weighted by Crippen LogP contribution is 2.29. The number of nitrogen functional groups attached to an aromatic ring is 1. The fourth-order valence-electron chi connectivity index (χ4n) is 1.94. The first kappa shape index (κ1) is 16.9. The maximum Gasteiger partial charge on any atom is 0.161 e. The van der Waals surface area contributed by atoms with E-state index in [4.69, 9.17) is 15.9 Å². The molecule has 112 valence electrons. The number of methoxy groups -OCH3 is 1. The van der Waals surface area contributed by atoms with Crippen LogP contribution in [0.25, 0.3) is 0 Å². The van der Waals surface area contributed by atoms with E-state index in [0.717, 1.165) is 6.54 Å². The van der Waals surface area contributed by atoms with Crippen molar-refractivity contribution in [3.8, 4) is 0 Å². The summed E-state index contributed by atoms with van der Waals surface area (Å²) in [5.41, 5.74) is 6.28. The third kappa shape index (κ3) is 4.18. The van der Waals surface area contributed by atoms with Gasteiger partial charge in [-0.25, -0.2) is 4.39 Å². The van der Waals surface area contributed by atoms with Crippen LogP contribution in [0.2, 0.25) is 0 Å². The van der Waals surface area contributed by atoms with E-state index in [2.05, 4.69) is 29.8 Å². The molecule has 0 radical (unpaired) electrons. The highest BCUT2D eigenvalue weighted by Gasteiger charge is 2.18. The molecule has 1 aromatic carbocycles. The summed E-state index contributed by atoms with van der Waals surface area (Å²) < 4.78 is 19.8. The number of halogens is 2. The molecular weight excluding hydrogens is 325 g/mol. The van der Waals surface area contributed by atoms with E-state index in [1.54, 1.807) is 19.2 Å². The van der Waals surface area contributed by atoms with E-state index in [1.807, 2.05) is 4.90 Å². The van der Waals surface area contributed by atoms with Crippen LogP contribution in [-0.2, 0) is 4.74 Å². The maximum atomic E-state index is 14.5. The number of amidine groups is 1. The molecule has 3 N–H and O–H groups in total. The van der Waals surface area contributed by atoms with Crippen LogP contribution in [0.1, 0.15) is 19.4 Å². The van der Waals surface area contributed by atoms with Crippen LogP contribution in [-0.4, -0.2) is 32.6 Å². The van der Waals surface area contributed by atoms with Crippen molar-refractivity contribution in [2.24, 2.45) is 11.7 Å². The minimum atomic E-state index is -0.394. The molecule has 0 aliphatic rings. The molecule has 0 aliphatic heterocycles. The van der Waals surface area contributed by atoms with Gasteiger partial charge in [0.05, 0.1) is 16.8 Å². The standard InChI is InChI=1S/C14H21BrFN3O/c1-9(2)8-19(6-7-20-3)11-5-4-10(14(17)18)12(15)13(11)16/h4-5,9H,6-8H2,1-3H3,(H3,17,18). The summed E-state index contributed by atoms with van der Waals surface area (Å²) >= 11 is 3.18. The monoisotopic (exact) mass is 345 g/mol. The first-order valence-corrected chi connectivity index (χ1v) is 7.24. The van der Waals surface area contributed by atoms with Crippen LogP contribution >= 0.6 is 15.9 Å². The molecule has 20 heavy (non-hydrogen) atoms. The summed E-state index contributed by atoms with van der Waals surface area (Å²) in [7, 11) is 1.62. The fraction of sp³-hybridized carbons (Fsp3) is 0.500. The van der Waals surface area contributed by atoms with Crippen molar-refractivity contribution in [1.29, 1.82) is 5.41 Å². The average molecular weight is 346 g/mol. The van der Waals surface area contributed by atoms with Gasteiger partial charge < -0.3 is 15.4 Å². The minimum absolute atomic E-state index is 0.158. The van der Waals surface area contributed by atoms with Crippen LogP contribution < -0.4 is 10.6 Å². The molecule has 1 rings (SSSR count). The van der Waals surface area contributed by atoms with Gasteiger partial charge in [0, 0.05) is 25.8 Å². The van der Waals surface area contributed by atoms with Gasteiger partial charge in [-0.1, -0.05) is 13.8 Å². The first-order chi connectivity index (χ1) is 9.38. The Kier molecular flexibility index (Phi) is 6.42. The number of hydrogen-bond donors (Lipinski definition) is 2. The lowest BCUT2D eigenvalue weighted by atomic mass is 10.1. The summed E-state index contributed by atoms with van der Waals surface area (Å²) in [6, 6.07) is 3.32. The van der Waals surface area contributed by atoms with E-state index in [1.165, 1.54) is 0 Å². The number of hydrogen-bond acceptors (Lipinski definition) is 3. The van der Waals surface area contributed by atoms with E-state index in [0.29, 0.717) is 30.3 Å². The zero-order valence-electron chi connectivity index (χ0n) is 12.0. The number of benzene rings is 1. The summed E-state index contributed by atoms with van der Waals surface area (Å²) in [4.78, 5) is 1.94. The molecule has 0 bridgehead atoms. The van der Waals surface area contributed by atoms with Gasteiger partial charge in [-0.05, 0) is 34.0 Å². The fourth-order valence-corrected chi connectivity index (χ4v) is 2.49. The van der Waals surface area contributed by atoms with Gasteiger partial charge in [-0.15, -0.1) is 0 Å². The van der Waals surface area contributed by atoms with Gasteiger partial charge in [0.1, 0.15) is 5.84 Å². The quantitative estimate of drug-likeness (QED) is 0.589. The van der Waals surface area contributed by atoms with Crippen LogP contribution in [0, 0.1) is 17.1 Å². The summed E-state index contributed by atoms with van der Waals surface area (Å²) in [5, 5.41) is 7.42. The number of rotatable bonds is 7. The van der Waals surface area contributed by atoms with E-state index in [-0.39, 0.29) is 10.3 Å². The summed E-state index contributed by atoms with van der Waals surface area (Å²) in [6.07, 6.45) is 0. The largest absolute Gasteiger partial charge is 0.384 e. The molecule has 0 saturated heterocycles. The smallest absolute Gasteiger partial charge is 0.161 e. The molecule has 0 aromatic heterocycles. The zero-order chi connectivity index (χ0) is 15.3. The van der Waals surface area contributed by atoms with Gasteiger partial charge in [0.2, 0.25) is 0 Å². The average Bonchev–Trinajstić information content (AvgIpc) is 2.37. The SMILES string of the molecule is COCCN(CC(C)C)c1ccc(C(=N)N)c(Br)c1F. The van der Waals surface area contributed by atoms with E-state index < -0.39 is 5.82 Å².